The molecule has 1 fully saturated rings. The molecular formula is C18H22N4O. The molecule has 0 saturated heterocycles. The number of amides is 1. The van der Waals surface area contributed by atoms with Crippen LogP contribution in [0.4, 0.5) is 11.5 Å². The molecular weight excluding hydrogens is 288 g/mol. The summed E-state index contributed by atoms with van der Waals surface area (Å²) in [6, 6.07) is 10.1. The predicted octanol–water partition coefficient (Wildman–Crippen LogP) is 3.46. The van der Waals surface area contributed by atoms with Gasteiger partial charge >= 0.3 is 0 Å². The monoisotopic (exact) mass is 310 g/mol. The third-order valence-electron chi connectivity index (χ3n) is 4.25. The number of nitrogens with one attached hydrogen (secondary N) is 2. The highest BCUT2D eigenvalue weighted by atomic mass is 16.1. The molecule has 1 amide bonds. The fourth-order valence-electron chi connectivity index (χ4n) is 2.97. The van der Waals surface area contributed by atoms with Crippen LogP contribution in [0, 0.1) is 0 Å². The summed E-state index contributed by atoms with van der Waals surface area (Å²) in [4.78, 5) is 20.6. The van der Waals surface area contributed by atoms with Crippen molar-refractivity contribution in [3.8, 4) is 0 Å². The van der Waals surface area contributed by atoms with Gasteiger partial charge in [-0.25, -0.2) is 9.97 Å². The highest BCUT2D eigenvalue weighted by Crippen LogP contribution is 2.21. The Bertz CT molecular complexity index is 680. The van der Waals surface area contributed by atoms with Crippen LogP contribution >= 0.6 is 0 Å². The molecule has 0 radical (unpaired) electrons. The first-order chi connectivity index (χ1) is 11.3. The van der Waals surface area contributed by atoms with Gasteiger partial charge in [-0.15, -0.1) is 0 Å². The van der Waals surface area contributed by atoms with Crippen LogP contribution in [0.5, 0.6) is 0 Å². The summed E-state index contributed by atoms with van der Waals surface area (Å²) < 4.78 is 0. The first kappa shape index (κ1) is 15.5. The maximum Gasteiger partial charge on any atom is 0.270 e. The van der Waals surface area contributed by atoms with Crippen molar-refractivity contribution in [2.45, 2.75) is 45.1 Å². The third kappa shape index (κ3) is 3.86. The maximum atomic E-state index is 12.3. The minimum atomic E-state index is -0.119. The number of anilines is 2. The molecule has 1 aliphatic carbocycles. The number of benzene rings is 1. The van der Waals surface area contributed by atoms with E-state index >= 15 is 0 Å². The first-order valence-electron chi connectivity index (χ1n) is 8.24. The van der Waals surface area contributed by atoms with Crippen molar-refractivity contribution in [2.24, 2.45) is 0 Å². The Balaban J connectivity index is 1.73. The second kappa shape index (κ2) is 7.22. The molecule has 1 heterocycles. The Morgan fingerprint density at radius 2 is 2.00 bits per heavy atom. The van der Waals surface area contributed by atoms with E-state index in [0.717, 1.165) is 24.9 Å². The fraction of sp³-hybridized carbons (Fsp3) is 0.389. The summed E-state index contributed by atoms with van der Waals surface area (Å²) in [6.07, 6.45) is 6.87. The van der Waals surface area contributed by atoms with E-state index in [2.05, 4.69) is 33.6 Å². The highest BCUT2D eigenvalue weighted by molar-refractivity contribution is 5.93. The van der Waals surface area contributed by atoms with E-state index < -0.39 is 0 Å². The van der Waals surface area contributed by atoms with Crippen molar-refractivity contribution < 1.29 is 4.79 Å². The van der Waals surface area contributed by atoms with Gasteiger partial charge in [0, 0.05) is 17.8 Å². The first-order valence-corrected chi connectivity index (χ1v) is 8.24. The number of aryl methyl sites for hydroxylation is 1. The summed E-state index contributed by atoms with van der Waals surface area (Å²) in [6.45, 7) is 2.11. The zero-order valence-corrected chi connectivity index (χ0v) is 13.4. The van der Waals surface area contributed by atoms with Crippen molar-refractivity contribution in [1.82, 2.24) is 15.3 Å². The number of rotatable bonds is 5. The second-order valence-corrected chi connectivity index (χ2v) is 5.88. The minimum absolute atomic E-state index is 0.119. The van der Waals surface area contributed by atoms with E-state index in [1.807, 2.05) is 18.2 Å². The fourth-order valence-corrected chi connectivity index (χ4v) is 2.97. The topological polar surface area (TPSA) is 66.9 Å². The van der Waals surface area contributed by atoms with Crippen LogP contribution in [0.1, 0.15) is 48.7 Å². The van der Waals surface area contributed by atoms with Crippen molar-refractivity contribution in [3.05, 3.63) is 47.9 Å². The number of hydrogen-bond acceptors (Lipinski definition) is 4. The molecule has 0 bridgehead atoms. The second-order valence-electron chi connectivity index (χ2n) is 5.88. The van der Waals surface area contributed by atoms with Gasteiger partial charge < -0.3 is 10.6 Å². The Labute approximate surface area is 136 Å². The molecule has 0 atom stereocenters. The van der Waals surface area contributed by atoms with Gasteiger partial charge in [-0.05, 0) is 30.9 Å². The van der Waals surface area contributed by atoms with Crippen molar-refractivity contribution in [3.63, 3.8) is 0 Å². The van der Waals surface area contributed by atoms with Crippen LogP contribution in [0.3, 0.4) is 0 Å². The molecule has 1 saturated carbocycles. The van der Waals surface area contributed by atoms with E-state index in [9.17, 15) is 4.79 Å². The number of aromatic nitrogens is 2. The molecule has 5 nitrogen and oxygen atoms in total. The molecule has 0 unspecified atom stereocenters. The summed E-state index contributed by atoms with van der Waals surface area (Å²) in [5.74, 6) is 0.517. The maximum absolute atomic E-state index is 12.3. The van der Waals surface area contributed by atoms with Crippen LogP contribution in [-0.2, 0) is 6.42 Å². The van der Waals surface area contributed by atoms with Gasteiger partial charge in [0.15, 0.2) is 0 Å². The number of nitrogens with zero attached hydrogens (tertiary/aromatic N) is 2. The van der Waals surface area contributed by atoms with Crippen molar-refractivity contribution in [1.29, 1.82) is 0 Å². The van der Waals surface area contributed by atoms with E-state index in [1.165, 1.54) is 24.7 Å². The van der Waals surface area contributed by atoms with E-state index in [0.29, 0.717) is 11.5 Å². The van der Waals surface area contributed by atoms with Gasteiger partial charge in [-0.1, -0.05) is 38.0 Å². The molecule has 0 spiro atoms. The largest absolute Gasteiger partial charge is 0.348 e. The highest BCUT2D eigenvalue weighted by Gasteiger charge is 2.19. The summed E-state index contributed by atoms with van der Waals surface area (Å²) in [5.41, 5.74) is 2.63. The molecule has 1 aliphatic rings. The number of carbonyl (C=O) groups is 1. The quantitative estimate of drug-likeness (QED) is 0.887. The van der Waals surface area contributed by atoms with Gasteiger partial charge in [0.25, 0.3) is 5.91 Å². The smallest absolute Gasteiger partial charge is 0.270 e. The van der Waals surface area contributed by atoms with Gasteiger partial charge in [-0.2, -0.15) is 0 Å². The zero-order chi connectivity index (χ0) is 16.1. The molecule has 2 N–H and O–H groups in total. The SMILES string of the molecule is CCc1ccccc1Nc1cc(C(=O)NC2CCCC2)ncn1. The van der Waals surface area contributed by atoms with Crippen molar-refractivity contribution >= 4 is 17.4 Å². The molecule has 5 heteroatoms. The molecule has 1 aromatic heterocycles. The molecule has 1 aromatic carbocycles. The van der Waals surface area contributed by atoms with Crippen LogP contribution in [0.2, 0.25) is 0 Å². The average molecular weight is 310 g/mol. The molecule has 23 heavy (non-hydrogen) atoms. The Morgan fingerprint density at radius 1 is 1.22 bits per heavy atom. The van der Waals surface area contributed by atoms with Gasteiger partial charge in [0.1, 0.15) is 17.8 Å². The summed E-state index contributed by atoms with van der Waals surface area (Å²) in [7, 11) is 0. The van der Waals surface area contributed by atoms with E-state index in [-0.39, 0.29) is 11.9 Å². The molecule has 120 valence electrons. The van der Waals surface area contributed by atoms with Crippen LogP contribution < -0.4 is 10.6 Å². The Hall–Kier alpha value is -2.43. The van der Waals surface area contributed by atoms with Crippen molar-refractivity contribution in [2.75, 3.05) is 5.32 Å². The molecule has 0 aliphatic heterocycles. The van der Waals surface area contributed by atoms with Crippen LogP contribution in [-0.4, -0.2) is 21.9 Å². The lowest BCUT2D eigenvalue weighted by molar-refractivity contribution is 0.0932. The Morgan fingerprint density at radius 3 is 2.78 bits per heavy atom. The normalized spacial score (nSPS) is 14.7. The minimum Gasteiger partial charge on any atom is -0.348 e. The number of carbonyl (C=O) groups excluding carboxylic acids is 1. The number of para-hydroxylation sites is 1. The van der Waals surface area contributed by atoms with Crippen LogP contribution in [0.25, 0.3) is 0 Å². The lowest BCUT2D eigenvalue weighted by Gasteiger charge is -2.13. The van der Waals surface area contributed by atoms with E-state index in [4.69, 9.17) is 0 Å². The lowest BCUT2D eigenvalue weighted by atomic mass is 10.1. The van der Waals surface area contributed by atoms with Gasteiger partial charge in [0.2, 0.25) is 0 Å². The molecule has 3 rings (SSSR count). The molecule has 2 aromatic rings. The van der Waals surface area contributed by atoms with E-state index in [1.54, 1.807) is 6.07 Å². The zero-order valence-electron chi connectivity index (χ0n) is 13.4. The predicted molar refractivity (Wildman–Crippen MR) is 90.9 cm³/mol. The summed E-state index contributed by atoms with van der Waals surface area (Å²) >= 11 is 0. The van der Waals surface area contributed by atoms with Gasteiger partial charge in [-0.3, -0.25) is 4.79 Å². The lowest BCUT2D eigenvalue weighted by Crippen LogP contribution is -2.33. The third-order valence-corrected chi connectivity index (χ3v) is 4.25. The number of hydrogen-bond donors (Lipinski definition) is 2. The standard InChI is InChI=1S/C18H22N4O/c1-2-13-7-3-6-10-15(13)22-17-11-16(19-12-20-17)18(23)21-14-8-4-5-9-14/h3,6-7,10-12,14H,2,4-5,8-9H2,1H3,(H,21,23)(H,19,20,22). The van der Waals surface area contributed by atoms with Crippen LogP contribution in [0.15, 0.2) is 36.7 Å². The Kier molecular flexibility index (Phi) is 4.86. The summed E-state index contributed by atoms with van der Waals surface area (Å²) in [5, 5.41) is 6.33. The average Bonchev–Trinajstić information content (AvgIpc) is 3.08. The van der Waals surface area contributed by atoms with Gasteiger partial charge in [0.05, 0.1) is 0 Å².